The normalized spacial score (nSPS) is 18.1. The highest BCUT2D eigenvalue weighted by molar-refractivity contribution is 4.96. The van der Waals surface area contributed by atoms with Crippen molar-refractivity contribution >= 4 is 0 Å². The molecular weight excluding hydrogens is 136 g/mol. The van der Waals surface area contributed by atoms with Crippen LogP contribution >= 0.6 is 0 Å². The van der Waals surface area contributed by atoms with E-state index in [-0.39, 0.29) is 0 Å². The Hall–Kier alpha value is -0.300. The zero-order valence-electron chi connectivity index (χ0n) is 8.15. The Balaban J connectivity index is 3.70. The number of rotatable bonds is 4. The van der Waals surface area contributed by atoms with E-state index < -0.39 is 5.60 Å². The molecule has 1 N–H and O–H groups in total. The molecule has 0 heterocycles. The third-order valence-corrected chi connectivity index (χ3v) is 2.31. The van der Waals surface area contributed by atoms with Crippen molar-refractivity contribution in [3.05, 3.63) is 11.6 Å². The van der Waals surface area contributed by atoms with Crippen molar-refractivity contribution in [3.63, 3.8) is 0 Å². The molecule has 11 heavy (non-hydrogen) atoms. The van der Waals surface area contributed by atoms with E-state index in [1.165, 1.54) is 5.57 Å². The van der Waals surface area contributed by atoms with Gasteiger partial charge < -0.3 is 5.11 Å². The van der Waals surface area contributed by atoms with E-state index >= 15 is 0 Å². The Bertz CT molecular complexity index is 134. The molecule has 0 bridgehead atoms. The van der Waals surface area contributed by atoms with E-state index in [4.69, 9.17) is 0 Å². The van der Waals surface area contributed by atoms with E-state index in [1.54, 1.807) is 0 Å². The van der Waals surface area contributed by atoms with Gasteiger partial charge in [-0.2, -0.15) is 0 Å². The second-order valence-electron chi connectivity index (χ2n) is 3.49. The minimum Gasteiger partial charge on any atom is -0.390 e. The molecular formula is C10H20O. The fourth-order valence-corrected chi connectivity index (χ4v) is 0.788. The Labute approximate surface area is 70.1 Å². The summed E-state index contributed by atoms with van der Waals surface area (Å²) in [6, 6.07) is 0. The molecule has 0 aliphatic carbocycles. The first-order valence-corrected chi connectivity index (χ1v) is 4.36. The van der Waals surface area contributed by atoms with Gasteiger partial charge in [0.2, 0.25) is 0 Å². The maximum atomic E-state index is 9.64. The molecule has 1 nitrogen and oxygen atoms in total. The Kier molecular flexibility index (Phi) is 4.43. The van der Waals surface area contributed by atoms with Crippen molar-refractivity contribution in [2.45, 2.75) is 52.6 Å². The first-order chi connectivity index (χ1) is 5.02. The smallest absolute Gasteiger partial charge is 0.0620 e. The van der Waals surface area contributed by atoms with Crippen LogP contribution in [0.2, 0.25) is 0 Å². The van der Waals surface area contributed by atoms with Gasteiger partial charge in [-0.1, -0.05) is 18.6 Å². The van der Waals surface area contributed by atoms with Gasteiger partial charge >= 0.3 is 0 Å². The van der Waals surface area contributed by atoms with Gasteiger partial charge in [0.05, 0.1) is 5.60 Å². The SMILES string of the molecule is C/C=C(/C)CC[C@@](C)(O)CC. The van der Waals surface area contributed by atoms with Gasteiger partial charge in [0.15, 0.2) is 0 Å². The van der Waals surface area contributed by atoms with Crippen LogP contribution < -0.4 is 0 Å². The summed E-state index contributed by atoms with van der Waals surface area (Å²) >= 11 is 0. The molecule has 0 aliphatic rings. The first-order valence-electron chi connectivity index (χ1n) is 4.36. The highest BCUT2D eigenvalue weighted by Crippen LogP contribution is 2.18. The van der Waals surface area contributed by atoms with Crippen LogP contribution in [0.25, 0.3) is 0 Å². The van der Waals surface area contributed by atoms with Crippen LogP contribution in [0.3, 0.4) is 0 Å². The zero-order chi connectivity index (χ0) is 8.91. The van der Waals surface area contributed by atoms with Crippen molar-refractivity contribution in [2.75, 3.05) is 0 Å². The van der Waals surface area contributed by atoms with E-state index in [0.717, 1.165) is 19.3 Å². The van der Waals surface area contributed by atoms with Gasteiger partial charge in [-0.05, 0) is 40.0 Å². The largest absolute Gasteiger partial charge is 0.390 e. The monoisotopic (exact) mass is 156 g/mol. The average Bonchev–Trinajstić information content (AvgIpc) is 2.00. The molecule has 1 heteroatoms. The second kappa shape index (κ2) is 4.55. The molecule has 0 spiro atoms. The first kappa shape index (κ1) is 10.7. The second-order valence-corrected chi connectivity index (χ2v) is 3.49. The number of aliphatic hydroxyl groups is 1. The minimum absolute atomic E-state index is 0.468. The lowest BCUT2D eigenvalue weighted by molar-refractivity contribution is 0.0473. The minimum atomic E-state index is -0.468. The molecule has 0 amide bonds. The molecule has 0 aliphatic heterocycles. The fourth-order valence-electron chi connectivity index (χ4n) is 0.788. The molecule has 0 aromatic rings. The maximum absolute atomic E-state index is 9.64. The van der Waals surface area contributed by atoms with Gasteiger partial charge in [-0.3, -0.25) is 0 Å². The predicted octanol–water partition coefficient (Wildman–Crippen LogP) is 2.89. The van der Waals surface area contributed by atoms with Gasteiger partial charge in [0, 0.05) is 0 Å². The van der Waals surface area contributed by atoms with Crippen molar-refractivity contribution in [1.82, 2.24) is 0 Å². The van der Waals surface area contributed by atoms with Crippen molar-refractivity contribution < 1.29 is 5.11 Å². The lowest BCUT2D eigenvalue weighted by Crippen LogP contribution is -2.22. The highest BCUT2D eigenvalue weighted by Gasteiger charge is 2.16. The van der Waals surface area contributed by atoms with E-state index in [1.807, 2.05) is 20.8 Å². The Morgan fingerprint density at radius 3 is 2.45 bits per heavy atom. The lowest BCUT2D eigenvalue weighted by atomic mass is 9.95. The summed E-state index contributed by atoms with van der Waals surface area (Å²) in [6.45, 7) is 8.06. The third kappa shape index (κ3) is 5.02. The summed E-state index contributed by atoms with van der Waals surface area (Å²) in [6.07, 6.45) is 4.83. The summed E-state index contributed by atoms with van der Waals surface area (Å²) < 4.78 is 0. The summed E-state index contributed by atoms with van der Waals surface area (Å²) in [4.78, 5) is 0. The van der Waals surface area contributed by atoms with Crippen LogP contribution in [-0.4, -0.2) is 10.7 Å². The lowest BCUT2D eigenvalue weighted by Gasteiger charge is -2.20. The van der Waals surface area contributed by atoms with Crippen LogP contribution in [0.4, 0.5) is 0 Å². The topological polar surface area (TPSA) is 20.2 Å². The predicted molar refractivity (Wildman–Crippen MR) is 49.6 cm³/mol. The fraction of sp³-hybridized carbons (Fsp3) is 0.800. The molecule has 66 valence electrons. The van der Waals surface area contributed by atoms with Crippen molar-refractivity contribution in [1.29, 1.82) is 0 Å². The van der Waals surface area contributed by atoms with Crippen molar-refractivity contribution in [2.24, 2.45) is 0 Å². The maximum Gasteiger partial charge on any atom is 0.0620 e. The average molecular weight is 156 g/mol. The van der Waals surface area contributed by atoms with Crippen LogP contribution in [0, 0.1) is 0 Å². The van der Waals surface area contributed by atoms with Crippen LogP contribution in [0.1, 0.15) is 47.0 Å². The quantitative estimate of drug-likeness (QED) is 0.620. The zero-order valence-corrected chi connectivity index (χ0v) is 8.15. The summed E-state index contributed by atoms with van der Waals surface area (Å²) in [5.41, 5.74) is 0.892. The molecule has 1 atom stereocenters. The molecule has 0 fully saturated rings. The summed E-state index contributed by atoms with van der Waals surface area (Å²) in [5, 5.41) is 9.64. The molecule has 0 saturated carbocycles. The standard InChI is InChI=1S/C10H20O/c1-5-9(3)7-8-10(4,11)6-2/h5,11H,6-8H2,1-4H3/b9-5-/t10-/m0/s1. The van der Waals surface area contributed by atoms with E-state index in [9.17, 15) is 5.11 Å². The Morgan fingerprint density at radius 2 is 2.09 bits per heavy atom. The van der Waals surface area contributed by atoms with Crippen LogP contribution in [0.15, 0.2) is 11.6 Å². The van der Waals surface area contributed by atoms with E-state index in [0.29, 0.717) is 0 Å². The highest BCUT2D eigenvalue weighted by atomic mass is 16.3. The van der Waals surface area contributed by atoms with Gasteiger partial charge in [-0.15, -0.1) is 0 Å². The van der Waals surface area contributed by atoms with Crippen LogP contribution in [-0.2, 0) is 0 Å². The van der Waals surface area contributed by atoms with Gasteiger partial charge in [0.25, 0.3) is 0 Å². The number of allylic oxidation sites excluding steroid dienone is 2. The molecule has 0 saturated heterocycles. The third-order valence-electron chi connectivity index (χ3n) is 2.31. The Morgan fingerprint density at radius 1 is 1.55 bits per heavy atom. The van der Waals surface area contributed by atoms with Crippen molar-refractivity contribution in [3.8, 4) is 0 Å². The summed E-state index contributed by atoms with van der Waals surface area (Å²) in [7, 11) is 0. The number of hydrogen-bond acceptors (Lipinski definition) is 1. The molecule has 0 radical (unpaired) electrons. The molecule has 0 unspecified atom stereocenters. The van der Waals surface area contributed by atoms with Gasteiger partial charge in [-0.25, -0.2) is 0 Å². The molecule has 0 aromatic carbocycles. The van der Waals surface area contributed by atoms with Crippen LogP contribution in [0.5, 0.6) is 0 Å². The van der Waals surface area contributed by atoms with E-state index in [2.05, 4.69) is 13.0 Å². The van der Waals surface area contributed by atoms with Gasteiger partial charge in [0.1, 0.15) is 0 Å². The number of hydrogen-bond donors (Lipinski definition) is 1. The summed E-state index contributed by atoms with van der Waals surface area (Å²) in [5.74, 6) is 0. The molecule has 0 aromatic heterocycles. The molecule has 0 rings (SSSR count).